The number of ether oxygens (including phenoxy) is 1. The topological polar surface area (TPSA) is 79.0 Å². The number of halogens is 1. The molecule has 0 spiro atoms. The lowest BCUT2D eigenvalue weighted by Gasteiger charge is -2.40. The van der Waals surface area contributed by atoms with E-state index in [4.69, 9.17) is 16.3 Å². The molecule has 196 valence electrons. The van der Waals surface area contributed by atoms with Crippen molar-refractivity contribution < 1.29 is 19.1 Å². The van der Waals surface area contributed by atoms with Crippen LogP contribution in [0.3, 0.4) is 0 Å². The van der Waals surface area contributed by atoms with E-state index in [0.29, 0.717) is 30.9 Å². The Morgan fingerprint density at radius 3 is 2.49 bits per heavy atom. The lowest BCUT2D eigenvalue weighted by atomic mass is 9.74. The number of likely N-dealkylation sites (tertiary alicyclic amines) is 1. The van der Waals surface area contributed by atoms with Crippen molar-refractivity contribution in [2.45, 2.75) is 63.5 Å². The van der Waals surface area contributed by atoms with Crippen LogP contribution in [0.2, 0.25) is 5.02 Å². The number of benzene rings is 2. The maximum Gasteiger partial charge on any atom is 0.255 e. The predicted molar refractivity (Wildman–Crippen MR) is 142 cm³/mol. The van der Waals surface area contributed by atoms with E-state index in [9.17, 15) is 14.4 Å². The number of rotatable bonds is 7. The SMILES string of the molecule is CC1(c2ccccc2Cl)CCN(CCCOc2cccc3c2CN([C@@]2(C)CCC(=O)NC2=O)C3=O)CC1. The minimum absolute atomic E-state index is 0.105. The smallest absolute Gasteiger partial charge is 0.255 e. The molecule has 2 saturated heterocycles. The summed E-state index contributed by atoms with van der Waals surface area (Å²) < 4.78 is 6.15. The zero-order valence-electron chi connectivity index (χ0n) is 21.5. The average molecular weight is 524 g/mol. The summed E-state index contributed by atoms with van der Waals surface area (Å²) in [4.78, 5) is 41.5. The van der Waals surface area contributed by atoms with E-state index >= 15 is 0 Å². The largest absolute Gasteiger partial charge is 0.493 e. The number of nitrogens with zero attached hydrogens (tertiary/aromatic N) is 2. The third kappa shape index (κ3) is 4.87. The summed E-state index contributed by atoms with van der Waals surface area (Å²) in [7, 11) is 0. The van der Waals surface area contributed by atoms with Crippen LogP contribution in [0.25, 0.3) is 0 Å². The predicted octanol–water partition coefficient (Wildman–Crippen LogP) is 4.31. The number of nitrogens with one attached hydrogen (secondary N) is 1. The highest BCUT2D eigenvalue weighted by Gasteiger charge is 2.49. The first-order valence-corrected chi connectivity index (χ1v) is 13.5. The van der Waals surface area contributed by atoms with Crippen LogP contribution in [0, 0.1) is 0 Å². The second-order valence-electron chi connectivity index (χ2n) is 10.9. The van der Waals surface area contributed by atoms with Gasteiger partial charge in [-0.3, -0.25) is 19.7 Å². The van der Waals surface area contributed by atoms with Crippen LogP contribution in [-0.4, -0.2) is 59.3 Å². The number of hydrogen-bond acceptors (Lipinski definition) is 5. The van der Waals surface area contributed by atoms with Gasteiger partial charge in [0.25, 0.3) is 11.8 Å². The molecule has 2 aromatic rings. The molecule has 1 atom stereocenters. The molecule has 7 nitrogen and oxygen atoms in total. The third-order valence-electron chi connectivity index (χ3n) is 8.46. The van der Waals surface area contributed by atoms with E-state index in [1.165, 1.54) is 5.56 Å². The first-order valence-electron chi connectivity index (χ1n) is 13.1. The van der Waals surface area contributed by atoms with Crippen molar-refractivity contribution in [1.29, 1.82) is 0 Å². The first kappa shape index (κ1) is 25.7. The van der Waals surface area contributed by atoms with E-state index in [2.05, 4.69) is 29.3 Å². The molecule has 0 saturated carbocycles. The molecule has 5 rings (SSSR count). The molecule has 0 bridgehead atoms. The minimum atomic E-state index is -1.05. The van der Waals surface area contributed by atoms with Crippen LogP contribution in [0.4, 0.5) is 0 Å². The molecule has 1 N–H and O–H groups in total. The number of carbonyl (C=O) groups is 3. The Labute approximate surface area is 223 Å². The third-order valence-corrected chi connectivity index (χ3v) is 8.79. The standard InChI is InChI=1S/C29H34ClN3O4/c1-28(22-8-3-4-9-23(22)30)13-16-32(17-14-28)15-6-18-37-24-10-5-7-20-21(24)19-33(26(20)35)29(2)12-11-25(34)31-27(29)36/h3-5,7-10H,6,11-19H2,1-2H3,(H,31,34,36)/t29-/m0/s1. The Hall–Kier alpha value is -2.90. The van der Waals surface area contributed by atoms with Gasteiger partial charge in [0.05, 0.1) is 13.2 Å². The summed E-state index contributed by atoms with van der Waals surface area (Å²) in [5, 5.41) is 3.24. The second kappa shape index (κ2) is 10.1. The van der Waals surface area contributed by atoms with Crippen molar-refractivity contribution in [3.63, 3.8) is 0 Å². The number of hydrogen-bond donors (Lipinski definition) is 1. The van der Waals surface area contributed by atoms with Gasteiger partial charge >= 0.3 is 0 Å². The number of amides is 3. The normalized spacial score (nSPS) is 23.6. The van der Waals surface area contributed by atoms with Gasteiger partial charge in [-0.1, -0.05) is 42.8 Å². The van der Waals surface area contributed by atoms with Gasteiger partial charge in [0.15, 0.2) is 0 Å². The fraction of sp³-hybridized carbons (Fsp3) is 0.483. The van der Waals surface area contributed by atoms with Crippen LogP contribution in [0.15, 0.2) is 42.5 Å². The molecule has 3 aliphatic rings. The molecule has 8 heteroatoms. The maximum atomic E-state index is 13.2. The molecule has 0 aromatic heterocycles. The van der Waals surface area contributed by atoms with Gasteiger partial charge in [-0.2, -0.15) is 0 Å². The quantitative estimate of drug-likeness (QED) is 0.432. The Kier molecular flexibility index (Phi) is 7.03. The summed E-state index contributed by atoms with van der Waals surface area (Å²) in [6.45, 7) is 7.89. The first-order chi connectivity index (χ1) is 17.7. The number of piperidine rings is 2. The molecule has 0 aliphatic carbocycles. The van der Waals surface area contributed by atoms with Gasteiger partial charge in [-0.05, 0) is 74.9 Å². The average Bonchev–Trinajstić information content (AvgIpc) is 3.23. The van der Waals surface area contributed by atoms with E-state index < -0.39 is 11.4 Å². The number of fused-ring (bicyclic) bond motifs is 1. The highest BCUT2D eigenvalue weighted by Crippen LogP contribution is 2.39. The van der Waals surface area contributed by atoms with Gasteiger partial charge in [0, 0.05) is 29.1 Å². The van der Waals surface area contributed by atoms with Crippen LogP contribution in [0.1, 0.15) is 67.4 Å². The summed E-state index contributed by atoms with van der Waals surface area (Å²) in [6, 6.07) is 13.7. The molecule has 2 fully saturated rings. The zero-order valence-corrected chi connectivity index (χ0v) is 22.3. The summed E-state index contributed by atoms with van der Waals surface area (Å²) in [6.07, 6.45) is 3.56. The maximum absolute atomic E-state index is 13.2. The summed E-state index contributed by atoms with van der Waals surface area (Å²) >= 11 is 6.48. The summed E-state index contributed by atoms with van der Waals surface area (Å²) in [5.74, 6) is -0.214. The molecular weight excluding hydrogens is 490 g/mol. The van der Waals surface area contributed by atoms with Crippen molar-refractivity contribution in [2.24, 2.45) is 0 Å². The lowest BCUT2D eigenvalue weighted by Crippen LogP contribution is -2.61. The lowest BCUT2D eigenvalue weighted by molar-refractivity contribution is -0.142. The van der Waals surface area contributed by atoms with Crippen molar-refractivity contribution in [3.8, 4) is 5.75 Å². The van der Waals surface area contributed by atoms with Crippen molar-refractivity contribution in [1.82, 2.24) is 15.1 Å². The Balaban J connectivity index is 1.15. The fourth-order valence-electron chi connectivity index (χ4n) is 5.85. The molecule has 0 radical (unpaired) electrons. The van der Waals surface area contributed by atoms with E-state index in [1.54, 1.807) is 17.9 Å². The van der Waals surface area contributed by atoms with Gasteiger partial charge < -0.3 is 14.5 Å². The highest BCUT2D eigenvalue weighted by atomic mass is 35.5. The number of carbonyl (C=O) groups excluding carboxylic acids is 3. The highest BCUT2D eigenvalue weighted by molar-refractivity contribution is 6.31. The van der Waals surface area contributed by atoms with Gasteiger partial charge in [0.1, 0.15) is 11.3 Å². The van der Waals surface area contributed by atoms with Crippen LogP contribution >= 0.6 is 11.6 Å². The minimum Gasteiger partial charge on any atom is -0.493 e. The molecule has 37 heavy (non-hydrogen) atoms. The van der Waals surface area contributed by atoms with Gasteiger partial charge in [-0.25, -0.2) is 0 Å². The zero-order chi connectivity index (χ0) is 26.2. The monoisotopic (exact) mass is 523 g/mol. The van der Waals surface area contributed by atoms with Crippen molar-refractivity contribution in [3.05, 3.63) is 64.2 Å². The van der Waals surface area contributed by atoms with Gasteiger partial charge in [-0.15, -0.1) is 0 Å². The molecule has 2 aromatic carbocycles. The molecule has 3 amide bonds. The van der Waals surface area contributed by atoms with Crippen molar-refractivity contribution >= 4 is 29.3 Å². The van der Waals surface area contributed by atoms with Crippen LogP contribution in [0.5, 0.6) is 5.75 Å². The second-order valence-corrected chi connectivity index (χ2v) is 11.3. The molecule has 3 aliphatic heterocycles. The van der Waals surface area contributed by atoms with Crippen LogP contribution in [-0.2, 0) is 21.5 Å². The molecular formula is C29H34ClN3O4. The number of imide groups is 1. The Morgan fingerprint density at radius 2 is 1.76 bits per heavy atom. The van der Waals surface area contributed by atoms with E-state index in [0.717, 1.165) is 49.5 Å². The Morgan fingerprint density at radius 1 is 1.00 bits per heavy atom. The van der Waals surface area contributed by atoms with Crippen molar-refractivity contribution in [2.75, 3.05) is 26.2 Å². The molecule has 3 heterocycles. The fourth-order valence-corrected chi connectivity index (χ4v) is 6.21. The van der Waals surface area contributed by atoms with E-state index in [1.807, 2.05) is 24.3 Å². The summed E-state index contributed by atoms with van der Waals surface area (Å²) in [5.41, 5.74) is 1.68. The molecule has 0 unspecified atom stereocenters. The Bertz CT molecular complexity index is 1220. The van der Waals surface area contributed by atoms with E-state index in [-0.39, 0.29) is 23.7 Å². The van der Waals surface area contributed by atoms with Crippen LogP contribution < -0.4 is 10.1 Å². The van der Waals surface area contributed by atoms with Gasteiger partial charge in [0.2, 0.25) is 5.91 Å².